The largest absolute Gasteiger partial charge is 0.506 e. The first-order valence-corrected chi connectivity index (χ1v) is 10.3. The summed E-state index contributed by atoms with van der Waals surface area (Å²) < 4.78 is 1.68. The molecule has 1 aliphatic carbocycles. The summed E-state index contributed by atoms with van der Waals surface area (Å²) in [6.45, 7) is 1.81. The SMILES string of the molecule is Cc1[nH]n(C2CCCCC2)c(=O)c1N=Nc1cccc(-c2cccc(C(=O)O)c2O)c1. The van der Waals surface area contributed by atoms with E-state index in [0.717, 1.165) is 25.7 Å². The van der Waals surface area contributed by atoms with Crippen LogP contribution in [0, 0.1) is 6.92 Å². The van der Waals surface area contributed by atoms with Crippen molar-refractivity contribution >= 4 is 17.3 Å². The predicted octanol–water partition coefficient (Wildman–Crippen LogP) is 5.48. The Morgan fingerprint density at radius 2 is 1.84 bits per heavy atom. The maximum absolute atomic E-state index is 12.8. The molecule has 0 radical (unpaired) electrons. The molecule has 0 amide bonds. The number of nitrogens with one attached hydrogen (secondary N) is 1. The Bertz CT molecular complexity index is 1200. The Kier molecular flexibility index (Phi) is 5.70. The maximum Gasteiger partial charge on any atom is 0.339 e. The van der Waals surface area contributed by atoms with Crippen LogP contribution in [0.15, 0.2) is 57.5 Å². The zero-order valence-electron chi connectivity index (χ0n) is 17.2. The molecule has 0 bridgehead atoms. The monoisotopic (exact) mass is 420 g/mol. The second-order valence-corrected chi connectivity index (χ2v) is 7.81. The molecule has 1 aromatic heterocycles. The van der Waals surface area contributed by atoms with E-state index in [1.807, 2.05) is 0 Å². The minimum absolute atomic E-state index is 0.170. The summed E-state index contributed by atoms with van der Waals surface area (Å²) in [5.41, 5.74) is 2.08. The summed E-state index contributed by atoms with van der Waals surface area (Å²) in [7, 11) is 0. The third-order valence-corrected chi connectivity index (χ3v) is 5.69. The van der Waals surface area contributed by atoms with Gasteiger partial charge in [-0.15, -0.1) is 5.11 Å². The number of aromatic carboxylic acids is 1. The van der Waals surface area contributed by atoms with E-state index < -0.39 is 5.97 Å². The van der Waals surface area contributed by atoms with E-state index in [4.69, 9.17) is 0 Å². The van der Waals surface area contributed by atoms with Gasteiger partial charge in [0, 0.05) is 5.56 Å². The Hall–Kier alpha value is -3.68. The third kappa shape index (κ3) is 4.14. The first kappa shape index (κ1) is 20.6. The molecule has 1 heterocycles. The summed E-state index contributed by atoms with van der Waals surface area (Å²) in [5.74, 6) is -1.51. The number of aromatic hydroxyl groups is 1. The van der Waals surface area contributed by atoms with Gasteiger partial charge in [-0.3, -0.25) is 9.89 Å². The molecule has 8 nitrogen and oxygen atoms in total. The Balaban J connectivity index is 1.63. The fourth-order valence-corrected chi connectivity index (χ4v) is 4.07. The lowest BCUT2D eigenvalue weighted by Crippen LogP contribution is -2.24. The number of para-hydroxylation sites is 1. The standard InChI is InChI=1S/C23H24N4O4/c1-14-20(22(29)27(26-14)17-9-3-2-4-10-17)25-24-16-8-5-7-15(13-16)18-11-6-12-19(21(18)28)23(30)31/h5-8,11-13,17,26,28H,2-4,9-10H2,1H3,(H,30,31). The van der Waals surface area contributed by atoms with Crippen molar-refractivity contribution in [1.82, 2.24) is 9.78 Å². The molecule has 4 rings (SSSR count). The van der Waals surface area contributed by atoms with Gasteiger partial charge in [0.25, 0.3) is 5.56 Å². The lowest BCUT2D eigenvalue weighted by molar-refractivity contribution is 0.0694. The number of H-pyrrole nitrogens is 1. The molecular formula is C23H24N4O4. The third-order valence-electron chi connectivity index (χ3n) is 5.69. The zero-order valence-corrected chi connectivity index (χ0v) is 17.2. The zero-order chi connectivity index (χ0) is 22.0. The van der Waals surface area contributed by atoms with Crippen molar-refractivity contribution in [2.24, 2.45) is 10.2 Å². The van der Waals surface area contributed by atoms with Gasteiger partial charge < -0.3 is 10.2 Å². The number of hydrogen-bond acceptors (Lipinski definition) is 5. The van der Waals surface area contributed by atoms with Crippen molar-refractivity contribution in [3.63, 3.8) is 0 Å². The number of carbonyl (C=O) groups is 1. The Labute approximate surface area is 178 Å². The summed E-state index contributed by atoms with van der Waals surface area (Å²) >= 11 is 0. The summed E-state index contributed by atoms with van der Waals surface area (Å²) in [6.07, 6.45) is 5.41. The molecule has 3 aromatic rings. The average Bonchev–Trinajstić information content (AvgIpc) is 3.06. The van der Waals surface area contributed by atoms with E-state index >= 15 is 0 Å². The highest BCUT2D eigenvalue weighted by atomic mass is 16.4. The number of carboxylic acids is 1. The molecule has 1 fully saturated rings. The van der Waals surface area contributed by atoms with E-state index in [1.54, 1.807) is 48.0 Å². The minimum Gasteiger partial charge on any atom is -0.506 e. The lowest BCUT2D eigenvalue weighted by atomic mass is 9.96. The van der Waals surface area contributed by atoms with Crippen molar-refractivity contribution in [3.8, 4) is 16.9 Å². The smallest absolute Gasteiger partial charge is 0.339 e. The summed E-state index contributed by atoms with van der Waals surface area (Å²) in [4.78, 5) is 24.1. The van der Waals surface area contributed by atoms with Gasteiger partial charge in [-0.05, 0) is 43.5 Å². The molecule has 0 unspecified atom stereocenters. The number of benzene rings is 2. The molecule has 31 heavy (non-hydrogen) atoms. The second kappa shape index (κ2) is 8.59. The molecule has 160 valence electrons. The number of phenols is 1. The van der Waals surface area contributed by atoms with Gasteiger partial charge in [0.15, 0.2) is 5.69 Å². The number of aromatic nitrogens is 2. The molecule has 0 atom stereocenters. The van der Waals surface area contributed by atoms with Crippen LogP contribution in [-0.2, 0) is 0 Å². The van der Waals surface area contributed by atoms with E-state index in [-0.39, 0.29) is 28.6 Å². The van der Waals surface area contributed by atoms with Gasteiger partial charge in [0.2, 0.25) is 0 Å². The van der Waals surface area contributed by atoms with E-state index in [2.05, 4.69) is 15.3 Å². The van der Waals surface area contributed by atoms with Gasteiger partial charge in [-0.25, -0.2) is 9.48 Å². The van der Waals surface area contributed by atoms with Crippen LogP contribution in [0.1, 0.15) is 54.2 Å². The molecule has 3 N–H and O–H groups in total. The molecule has 0 saturated heterocycles. The van der Waals surface area contributed by atoms with E-state index in [9.17, 15) is 19.8 Å². The fourth-order valence-electron chi connectivity index (χ4n) is 4.07. The molecule has 2 aromatic carbocycles. The molecule has 1 aliphatic rings. The van der Waals surface area contributed by atoms with Gasteiger partial charge in [0.1, 0.15) is 11.3 Å². The second-order valence-electron chi connectivity index (χ2n) is 7.81. The van der Waals surface area contributed by atoms with Crippen LogP contribution < -0.4 is 5.56 Å². The van der Waals surface area contributed by atoms with Crippen molar-refractivity contribution in [1.29, 1.82) is 0 Å². The first-order valence-electron chi connectivity index (χ1n) is 10.3. The van der Waals surface area contributed by atoms with E-state index in [1.165, 1.54) is 12.5 Å². The van der Waals surface area contributed by atoms with Crippen LogP contribution in [0.3, 0.4) is 0 Å². The summed E-state index contributed by atoms with van der Waals surface area (Å²) in [6, 6.07) is 11.6. The quantitative estimate of drug-likeness (QED) is 0.474. The Morgan fingerprint density at radius 1 is 1.10 bits per heavy atom. The van der Waals surface area contributed by atoms with E-state index in [0.29, 0.717) is 22.5 Å². The van der Waals surface area contributed by atoms with Crippen LogP contribution in [-0.4, -0.2) is 26.0 Å². The van der Waals surface area contributed by atoms with Crippen molar-refractivity contribution < 1.29 is 15.0 Å². The van der Waals surface area contributed by atoms with Crippen LogP contribution in [0.2, 0.25) is 0 Å². The maximum atomic E-state index is 12.8. The molecule has 1 saturated carbocycles. The van der Waals surface area contributed by atoms with Crippen LogP contribution in [0.4, 0.5) is 11.4 Å². The van der Waals surface area contributed by atoms with Gasteiger partial charge in [0.05, 0.1) is 17.4 Å². The number of azo groups is 1. The number of hydrogen-bond donors (Lipinski definition) is 3. The normalized spacial score (nSPS) is 14.9. The highest BCUT2D eigenvalue weighted by molar-refractivity contribution is 5.94. The van der Waals surface area contributed by atoms with Crippen LogP contribution in [0.25, 0.3) is 11.1 Å². The number of aryl methyl sites for hydroxylation is 1. The first-order chi connectivity index (χ1) is 15.0. The fraction of sp³-hybridized carbons (Fsp3) is 0.304. The van der Waals surface area contributed by atoms with Crippen molar-refractivity contribution in [3.05, 3.63) is 64.1 Å². The predicted molar refractivity (Wildman–Crippen MR) is 117 cm³/mol. The molecule has 0 spiro atoms. The average molecular weight is 420 g/mol. The number of aromatic amines is 1. The van der Waals surface area contributed by atoms with Gasteiger partial charge in [-0.2, -0.15) is 5.11 Å². The Morgan fingerprint density at radius 3 is 2.58 bits per heavy atom. The van der Waals surface area contributed by atoms with Crippen molar-refractivity contribution in [2.45, 2.75) is 45.1 Å². The topological polar surface area (TPSA) is 120 Å². The number of carboxylic acid groups (broad SMARTS) is 1. The highest BCUT2D eigenvalue weighted by Gasteiger charge is 2.21. The van der Waals surface area contributed by atoms with Gasteiger partial charge >= 0.3 is 5.97 Å². The number of rotatable bonds is 5. The van der Waals surface area contributed by atoms with Crippen LogP contribution >= 0.6 is 0 Å². The lowest BCUT2D eigenvalue weighted by Gasteiger charge is -2.21. The minimum atomic E-state index is -1.20. The molecule has 8 heteroatoms. The van der Waals surface area contributed by atoms with Gasteiger partial charge in [-0.1, -0.05) is 43.5 Å². The molecular weight excluding hydrogens is 396 g/mol. The number of nitrogens with zero attached hydrogens (tertiary/aromatic N) is 3. The van der Waals surface area contributed by atoms with Crippen LogP contribution in [0.5, 0.6) is 5.75 Å². The van der Waals surface area contributed by atoms with Crippen molar-refractivity contribution in [2.75, 3.05) is 0 Å². The molecule has 0 aliphatic heterocycles. The summed E-state index contributed by atoms with van der Waals surface area (Å²) in [5, 5.41) is 31.1. The highest BCUT2D eigenvalue weighted by Crippen LogP contribution is 2.34.